The Hall–Kier alpha value is -1.91. The Labute approximate surface area is 127 Å². The molecule has 0 saturated carbocycles. The van der Waals surface area contributed by atoms with Gasteiger partial charge in [-0.1, -0.05) is 30.3 Å². The lowest BCUT2D eigenvalue weighted by atomic mass is 9.99. The maximum atomic E-state index is 10.1. The molecule has 1 aromatic heterocycles. The fraction of sp³-hybridized carbons (Fsp3) is 0.235. The quantitative estimate of drug-likeness (QED) is 0.782. The molecule has 0 aliphatic carbocycles. The third-order valence-electron chi connectivity index (χ3n) is 3.97. The van der Waals surface area contributed by atoms with Crippen molar-refractivity contribution in [1.29, 1.82) is 0 Å². The van der Waals surface area contributed by atoms with Crippen LogP contribution in [0.1, 0.15) is 23.1 Å². The zero-order chi connectivity index (χ0) is 14.2. The van der Waals surface area contributed by atoms with E-state index in [9.17, 15) is 5.11 Å². The first-order valence-electron chi connectivity index (χ1n) is 7.17. The van der Waals surface area contributed by atoms with Gasteiger partial charge in [-0.05, 0) is 24.6 Å². The summed E-state index contributed by atoms with van der Waals surface area (Å²) in [5.41, 5.74) is 3.24. The van der Waals surface area contributed by atoms with Crippen LogP contribution in [-0.4, -0.2) is 16.6 Å². The van der Waals surface area contributed by atoms with Crippen molar-refractivity contribution in [2.24, 2.45) is 0 Å². The molecule has 106 valence electrons. The number of fused-ring (bicyclic) bond motifs is 2. The molecule has 1 unspecified atom stereocenters. The van der Waals surface area contributed by atoms with Gasteiger partial charge >= 0.3 is 0 Å². The molecule has 21 heavy (non-hydrogen) atoms. The summed E-state index contributed by atoms with van der Waals surface area (Å²) in [7, 11) is 0. The van der Waals surface area contributed by atoms with Crippen molar-refractivity contribution in [3.8, 4) is 0 Å². The number of aromatic nitrogens is 1. The van der Waals surface area contributed by atoms with Gasteiger partial charge < -0.3 is 10.0 Å². The highest BCUT2D eigenvalue weighted by Crippen LogP contribution is 2.35. The molecular weight excluding hydrogens is 280 g/mol. The molecule has 4 rings (SSSR count). The van der Waals surface area contributed by atoms with Gasteiger partial charge in [-0.3, -0.25) is 0 Å². The van der Waals surface area contributed by atoms with Gasteiger partial charge in [-0.15, -0.1) is 11.3 Å². The normalized spacial score (nSPS) is 18.0. The zero-order valence-electron chi connectivity index (χ0n) is 11.6. The third-order valence-corrected chi connectivity index (χ3v) is 4.99. The van der Waals surface area contributed by atoms with Crippen molar-refractivity contribution < 1.29 is 5.11 Å². The van der Waals surface area contributed by atoms with Gasteiger partial charge in [0, 0.05) is 17.8 Å². The van der Waals surface area contributed by atoms with Gasteiger partial charge in [0.05, 0.1) is 22.9 Å². The van der Waals surface area contributed by atoms with Crippen molar-refractivity contribution in [3.05, 3.63) is 59.1 Å². The second kappa shape index (κ2) is 5.13. The molecule has 3 nitrogen and oxygen atoms in total. The predicted molar refractivity (Wildman–Crippen MR) is 86.7 cm³/mol. The topological polar surface area (TPSA) is 36.4 Å². The first kappa shape index (κ1) is 12.8. The molecule has 1 atom stereocenters. The Balaban J connectivity index is 1.67. The summed E-state index contributed by atoms with van der Waals surface area (Å²) in [6.07, 6.45) is 0.440. The molecule has 1 aliphatic heterocycles. The second-order valence-electron chi connectivity index (χ2n) is 5.36. The molecule has 4 heteroatoms. The summed E-state index contributed by atoms with van der Waals surface area (Å²) in [5, 5.41) is 11.2. The van der Waals surface area contributed by atoms with Crippen LogP contribution in [0.3, 0.4) is 0 Å². The molecule has 0 spiro atoms. The van der Waals surface area contributed by atoms with Crippen LogP contribution in [0.5, 0.6) is 0 Å². The van der Waals surface area contributed by atoms with E-state index in [-0.39, 0.29) is 6.10 Å². The van der Waals surface area contributed by atoms with Crippen LogP contribution < -0.4 is 4.90 Å². The average molecular weight is 296 g/mol. The van der Waals surface area contributed by atoms with E-state index in [1.165, 1.54) is 4.70 Å². The van der Waals surface area contributed by atoms with Gasteiger partial charge in [0.25, 0.3) is 0 Å². The molecule has 1 N–H and O–H groups in total. The fourth-order valence-corrected chi connectivity index (χ4v) is 3.91. The molecule has 0 fully saturated rings. The average Bonchev–Trinajstić information content (AvgIpc) is 2.93. The SMILES string of the molecule is OC1CCN(Cc2nc3ccccc3s2)c2ccccc21. The molecule has 0 radical (unpaired) electrons. The minimum absolute atomic E-state index is 0.340. The van der Waals surface area contributed by atoms with Gasteiger partial charge in [-0.2, -0.15) is 0 Å². The minimum atomic E-state index is -0.340. The number of aliphatic hydroxyl groups excluding tert-OH is 1. The Kier molecular flexibility index (Phi) is 3.13. The predicted octanol–water partition coefficient (Wildman–Crippen LogP) is 3.74. The summed E-state index contributed by atoms with van der Waals surface area (Å²) in [4.78, 5) is 7.03. The van der Waals surface area contributed by atoms with Gasteiger partial charge in [0.1, 0.15) is 5.01 Å². The first-order valence-corrected chi connectivity index (χ1v) is 7.99. The fourth-order valence-electron chi connectivity index (χ4n) is 2.93. The monoisotopic (exact) mass is 296 g/mol. The number of anilines is 1. The van der Waals surface area contributed by atoms with E-state index in [0.29, 0.717) is 0 Å². The maximum absolute atomic E-state index is 10.1. The number of nitrogens with zero attached hydrogens (tertiary/aromatic N) is 2. The Morgan fingerprint density at radius 2 is 1.95 bits per heavy atom. The summed E-state index contributed by atoms with van der Waals surface area (Å²) < 4.78 is 1.23. The van der Waals surface area contributed by atoms with E-state index < -0.39 is 0 Å². The summed E-state index contributed by atoms with van der Waals surface area (Å²) in [5.74, 6) is 0. The number of hydrogen-bond donors (Lipinski definition) is 1. The Bertz CT molecular complexity index is 750. The van der Waals surface area contributed by atoms with E-state index in [2.05, 4.69) is 29.2 Å². The number of benzene rings is 2. The first-order chi connectivity index (χ1) is 10.3. The molecule has 0 saturated heterocycles. The summed E-state index contributed by atoms with van der Waals surface area (Å²) >= 11 is 1.75. The van der Waals surface area contributed by atoms with E-state index in [0.717, 1.165) is 41.3 Å². The summed E-state index contributed by atoms with van der Waals surface area (Å²) in [6.45, 7) is 1.68. The molecule has 3 aromatic rings. The van der Waals surface area contributed by atoms with Crippen molar-refractivity contribution >= 4 is 27.2 Å². The van der Waals surface area contributed by atoms with Crippen LogP contribution >= 0.6 is 11.3 Å². The van der Waals surface area contributed by atoms with E-state index in [1.54, 1.807) is 11.3 Å². The maximum Gasteiger partial charge on any atom is 0.113 e. The van der Waals surface area contributed by atoms with Gasteiger partial charge in [-0.25, -0.2) is 4.98 Å². The van der Waals surface area contributed by atoms with E-state index in [4.69, 9.17) is 4.98 Å². The lowest BCUT2D eigenvalue weighted by Gasteiger charge is -2.33. The standard InChI is InChI=1S/C17H16N2OS/c20-15-9-10-19(14-7-3-1-5-12(14)15)11-17-18-13-6-2-4-8-16(13)21-17/h1-8,15,20H,9-11H2. The second-order valence-corrected chi connectivity index (χ2v) is 6.48. The highest BCUT2D eigenvalue weighted by atomic mass is 32.1. The van der Waals surface area contributed by atoms with Crippen LogP contribution in [0.2, 0.25) is 0 Å². The highest BCUT2D eigenvalue weighted by molar-refractivity contribution is 7.18. The molecular formula is C17H16N2OS. The molecule has 1 aliphatic rings. The molecule has 0 bridgehead atoms. The zero-order valence-corrected chi connectivity index (χ0v) is 12.4. The largest absolute Gasteiger partial charge is 0.388 e. The summed E-state index contributed by atoms with van der Waals surface area (Å²) in [6, 6.07) is 16.4. The molecule has 2 heterocycles. The van der Waals surface area contributed by atoms with Crippen molar-refractivity contribution in [2.75, 3.05) is 11.4 Å². The number of hydrogen-bond acceptors (Lipinski definition) is 4. The smallest absolute Gasteiger partial charge is 0.113 e. The van der Waals surface area contributed by atoms with Crippen molar-refractivity contribution in [1.82, 2.24) is 4.98 Å². The van der Waals surface area contributed by atoms with Crippen LogP contribution in [0.4, 0.5) is 5.69 Å². The van der Waals surface area contributed by atoms with Gasteiger partial charge in [0.15, 0.2) is 0 Å². The van der Waals surface area contributed by atoms with Crippen LogP contribution in [0.15, 0.2) is 48.5 Å². The third kappa shape index (κ3) is 2.30. The van der Waals surface area contributed by atoms with Gasteiger partial charge in [0.2, 0.25) is 0 Å². The van der Waals surface area contributed by atoms with Crippen LogP contribution in [0, 0.1) is 0 Å². The van der Waals surface area contributed by atoms with E-state index >= 15 is 0 Å². The van der Waals surface area contributed by atoms with Crippen LogP contribution in [-0.2, 0) is 6.54 Å². The lowest BCUT2D eigenvalue weighted by Crippen LogP contribution is -2.30. The molecule has 2 aromatic carbocycles. The van der Waals surface area contributed by atoms with E-state index in [1.807, 2.05) is 24.3 Å². The lowest BCUT2D eigenvalue weighted by molar-refractivity contribution is 0.164. The van der Waals surface area contributed by atoms with Crippen LogP contribution in [0.25, 0.3) is 10.2 Å². The Morgan fingerprint density at radius 1 is 1.14 bits per heavy atom. The highest BCUT2D eigenvalue weighted by Gasteiger charge is 2.23. The van der Waals surface area contributed by atoms with Crippen molar-refractivity contribution in [3.63, 3.8) is 0 Å². The number of rotatable bonds is 2. The Morgan fingerprint density at radius 3 is 2.86 bits per heavy atom. The van der Waals surface area contributed by atoms with Crippen molar-refractivity contribution in [2.45, 2.75) is 19.1 Å². The number of thiazole rings is 1. The minimum Gasteiger partial charge on any atom is -0.388 e. The number of aliphatic hydroxyl groups is 1. The molecule has 0 amide bonds. The number of para-hydroxylation sites is 2.